The summed E-state index contributed by atoms with van der Waals surface area (Å²) in [6.45, 7) is 3.45. The van der Waals surface area contributed by atoms with Gasteiger partial charge < -0.3 is 10.0 Å². The summed E-state index contributed by atoms with van der Waals surface area (Å²) < 4.78 is 43.9. The van der Waals surface area contributed by atoms with Gasteiger partial charge in [-0.1, -0.05) is 37.1 Å². The Hall–Kier alpha value is -2.89. The Morgan fingerprint density at radius 3 is 2.40 bits per heavy atom. The van der Waals surface area contributed by atoms with Gasteiger partial charge in [0.05, 0.1) is 11.6 Å². The molecule has 0 aromatic heterocycles. The molecule has 3 atom stereocenters. The lowest BCUT2D eigenvalue weighted by Crippen LogP contribution is -2.42. The minimum Gasteiger partial charge on any atom is -0.480 e. The van der Waals surface area contributed by atoms with Crippen molar-refractivity contribution in [1.29, 1.82) is 5.26 Å². The number of nitriles is 1. The molecule has 1 saturated carbocycles. The van der Waals surface area contributed by atoms with Gasteiger partial charge in [0.2, 0.25) is 0 Å². The molecule has 0 amide bonds. The first-order valence-corrected chi connectivity index (χ1v) is 14.5. The molecule has 0 radical (unpaired) electrons. The van der Waals surface area contributed by atoms with E-state index >= 15 is 0 Å². The van der Waals surface area contributed by atoms with Crippen LogP contribution in [0.5, 0.6) is 0 Å². The maximum atomic E-state index is 14.9. The van der Waals surface area contributed by atoms with Crippen LogP contribution in [-0.4, -0.2) is 65.6 Å². The van der Waals surface area contributed by atoms with E-state index in [2.05, 4.69) is 9.80 Å². The first-order chi connectivity index (χ1) is 19.2. The van der Waals surface area contributed by atoms with Crippen molar-refractivity contribution in [2.24, 2.45) is 17.8 Å². The molecular formula is C32H38F3N3O2. The number of halogens is 3. The third-order valence-electron chi connectivity index (χ3n) is 9.06. The van der Waals surface area contributed by atoms with Crippen LogP contribution in [0.2, 0.25) is 0 Å². The van der Waals surface area contributed by atoms with E-state index < -0.39 is 17.9 Å². The van der Waals surface area contributed by atoms with E-state index in [1.807, 2.05) is 12.1 Å². The average Bonchev–Trinajstić information content (AvgIpc) is 3.66. The quantitative estimate of drug-likeness (QED) is 0.373. The first-order valence-electron chi connectivity index (χ1n) is 14.5. The smallest absolute Gasteiger partial charge is 0.320 e. The molecule has 2 aliphatic heterocycles. The molecule has 40 heavy (non-hydrogen) atoms. The monoisotopic (exact) mass is 553 g/mol. The summed E-state index contributed by atoms with van der Waals surface area (Å²) in [6.07, 6.45) is 3.78. The number of hydrogen-bond donors (Lipinski definition) is 1. The van der Waals surface area contributed by atoms with E-state index in [1.54, 1.807) is 36.4 Å². The second-order valence-electron chi connectivity index (χ2n) is 12.2. The Balaban J connectivity index is 1.18. The number of carboxylic acid groups (broad SMARTS) is 1. The van der Waals surface area contributed by atoms with Gasteiger partial charge in [0, 0.05) is 38.4 Å². The maximum absolute atomic E-state index is 14.9. The Labute approximate surface area is 234 Å². The summed E-state index contributed by atoms with van der Waals surface area (Å²) >= 11 is 0. The minimum absolute atomic E-state index is 0.0335. The van der Waals surface area contributed by atoms with Crippen molar-refractivity contribution >= 4 is 5.97 Å². The molecule has 2 heterocycles. The topological polar surface area (TPSA) is 67.6 Å². The highest BCUT2D eigenvalue weighted by Gasteiger charge is 2.42. The van der Waals surface area contributed by atoms with Gasteiger partial charge in [-0.15, -0.1) is 0 Å². The zero-order valence-corrected chi connectivity index (χ0v) is 22.8. The predicted molar refractivity (Wildman–Crippen MR) is 147 cm³/mol. The van der Waals surface area contributed by atoms with E-state index in [0.717, 1.165) is 38.0 Å². The number of hydrogen-bond acceptors (Lipinski definition) is 4. The van der Waals surface area contributed by atoms with E-state index in [9.17, 15) is 23.1 Å². The van der Waals surface area contributed by atoms with Crippen molar-refractivity contribution < 1.29 is 23.1 Å². The molecule has 2 saturated heterocycles. The number of nitrogens with zero attached hydrogens (tertiary/aromatic N) is 3. The van der Waals surface area contributed by atoms with Gasteiger partial charge in [0.1, 0.15) is 11.9 Å². The molecule has 3 aliphatic rings. The molecule has 0 bridgehead atoms. The molecule has 5 nitrogen and oxygen atoms in total. The Morgan fingerprint density at radius 1 is 1.05 bits per heavy atom. The van der Waals surface area contributed by atoms with Crippen LogP contribution in [0.1, 0.15) is 61.1 Å². The molecule has 2 aromatic rings. The van der Waals surface area contributed by atoms with Crippen LogP contribution >= 0.6 is 0 Å². The highest BCUT2D eigenvalue weighted by Crippen LogP contribution is 2.40. The normalized spacial score (nSPS) is 23.6. The lowest BCUT2D eigenvalue weighted by Gasteiger charge is -2.36. The largest absolute Gasteiger partial charge is 0.480 e. The van der Waals surface area contributed by atoms with Crippen molar-refractivity contribution in [2.75, 3.05) is 32.7 Å². The second-order valence-corrected chi connectivity index (χ2v) is 12.2. The number of carboxylic acids is 1. The van der Waals surface area contributed by atoms with Crippen LogP contribution in [0, 0.1) is 34.9 Å². The third kappa shape index (κ3) is 7.44. The Bertz CT molecular complexity index is 1200. The van der Waals surface area contributed by atoms with Gasteiger partial charge >= 0.3 is 5.97 Å². The second kappa shape index (κ2) is 12.3. The third-order valence-corrected chi connectivity index (χ3v) is 9.06. The number of carbonyl (C=O) groups is 1. The fourth-order valence-electron chi connectivity index (χ4n) is 6.73. The summed E-state index contributed by atoms with van der Waals surface area (Å²) in [7, 11) is 0. The van der Waals surface area contributed by atoms with Crippen molar-refractivity contribution in [3.8, 4) is 6.07 Å². The lowest BCUT2D eigenvalue weighted by molar-refractivity contribution is -0.143. The van der Waals surface area contributed by atoms with Gasteiger partial charge in [-0.25, -0.2) is 13.2 Å². The molecule has 1 N–H and O–H groups in total. The predicted octanol–water partition coefficient (Wildman–Crippen LogP) is 5.95. The van der Waals surface area contributed by atoms with Gasteiger partial charge in [0.25, 0.3) is 5.92 Å². The van der Waals surface area contributed by atoms with Gasteiger partial charge in [-0.2, -0.15) is 5.26 Å². The molecule has 8 heteroatoms. The van der Waals surface area contributed by atoms with Crippen molar-refractivity contribution in [1.82, 2.24) is 9.80 Å². The maximum Gasteiger partial charge on any atom is 0.320 e. The van der Waals surface area contributed by atoms with Crippen LogP contribution in [0.4, 0.5) is 13.2 Å². The van der Waals surface area contributed by atoms with Crippen molar-refractivity contribution in [3.05, 3.63) is 71.0 Å². The van der Waals surface area contributed by atoms with Crippen LogP contribution in [-0.2, 0) is 11.2 Å². The van der Waals surface area contributed by atoms with Crippen LogP contribution < -0.4 is 0 Å². The molecular weight excluding hydrogens is 515 g/mol. The standard InChI is InChI=1S/C32H38F3N3O2/c33-28-3-1-2-26(15-28)29-21-38(30(31(39)40)14-22-4-5-22)20-27(29)19-37-12-10-24(11-13-37)17-32(34,35)16-23-6-8-25(18-36)9-7-23/h1-3,6-9,15,22,24,27,29-30H,4-5,10-14,16-17,19-21H2,(H,39,40)/t27-,29+,30+/m0/s1. The van der Waals surface area contributed by atoms with Gasteiger partial charge in [0.15, 0.2) is 0 Å². The Morgan fingerprint density at radius 2 is 1.77 bits per heavy atom. The van der Waals surface area contributed by atoms with Crippen LogP contribution in [0.3, 0.4) is 0 Å². The highest BCUT2D eigenvalue weighted by molar-refractivity contribution is 5.73. The molecule has 2 aromatic carbocycles. The zero-order valence-electron chi connectivity index (χ0n) is 22.8. The fraction of sp³-hybridized carbons (Fsp3) is 0.562. The highest BCUT2D eigenvalue weighted by atomic mass is 19.3. The fourth-order valence-corrected chi connectivity index (χ4v) is 6.73. The molecule has 5 rings (SSSR count). The van der Waals surface area contributed by atoms with Crippen LogP contribution in [0.25, 0.3) is 0 Å². The summed E-state index contributed by atoms with van der Waals surface area (Å²) in [4.78, 5) is 16.6. The van der Waals surface area contributed by atoms with Crippen LogP contribution in [0.15, 0.2) is 48.5 Å². The van der Waals surface area contributed by atoms with E-state index in [1.165, 1.54) is 6.07 Å². The van der Waals surface area contributed by atoms with Crippen molar-refractivity contribution in [2.45, 2.75) is 62.8 Å². The van der Waals surface area contributed by atoms with Gasteiger partial charge in [-0.3, -0.25) is 9.69 Å². The number of likely N-dealkylation sites (tertiary alicyclic amines) is 2. The number of alkyl halides is 2. The number of aliphatic carboxylic acids is 1. The Kier molecular flexibility index (Phi) is 8.82. The molecule has 214 valence electrons. The van der Waals surface area contributed by atoms with E-state index in [4.69, 9.17) is 5.26 Å². The molecule has 0 unspecified atom stereocenters. The number of benzene rings is 2. The zero-order chi connectivity index (χ0) is 28.3. The molecule has 1 aliphatic carbocycles. The summed E-state index contributed by atoms with van der Waals surface area (Å²) in [5, 5.41) is 18.9. The average molecular weight is 554 g/mol. The molecule has 0 spiro atoms. The van der Waals surface area contributed by atoms with Crippen molar-refractivity contribution in [3.63, 3.8) is 0 Å². The number of piperidine rings is 1. The first kappa shape index (κ1) is 28.6. The number of rotatable bonds is 11. The SMILES string of the molecule is N#Cc1ccc(CC(F)(F)CC2CCN(C[C@H]3CN([C@H](CC4CC4)C(=O)O)C[C@@H]3c3cccc(F)c3)CC2)cc1. The summed E-state index contributed by atoms with van der Waals surface area (Å²) in [5.41, 5.74) is 1.91. The lowest BCUT2D eigenvalue weighted by atomic mass is 9.86. The van der Waals surface area contributed by atoms with E-state index in [0.29, 0.717) is 49.4 Å². The van der Waals surface area contributed by atoms with Gasteiger partial charge in [-0.05, 0) is 85.5 Å². The van der Waals surface area contributed by atoms with E-state index in [-0.39, 0.29) is 36.4 Å². The summed E-state index contributed by atoms with van der Waals surface area (Å²) in [5.74, 6) is -3.26. The summed E-state index contributed by atoms with van der Waals surface area (Å²) in [6, 6.07) is 14.5. The minimum atomic E-state index is -2.80. The molecule has 3 fully saturated rings.